The Balaban J connectivity index is 1.69. The fraction of sp³-hybridized carbons (Fsp3) is 0.278. The van der Waals surface area contributed by atoms with Crippen LogP contribution in [-0.2, 0) is 16.1 Å². The van der Waals surface area contributed by atoms with Crippen LogP contribution in [0, 0.1) is 5.92 Å². The van der Waals surface area contributed by atoms with E-state index in [1.54, 1.807) is 12.4 Å². The number of nitrogens with one attached hydrogen (secondary N) is 2. The van der Waals surface area contributed by atoms with E-state index in [-0.39, 0.29) is 24.3 Å². The summed E-state index contributed by atoms with van der Waals surface area (Å²) in [6.07, 6.45) is 3.43. The molecule has 2 N–H and O–H groups in total. The molecule has 0 spiro atoms. The maximum Gasteiger partial charge on any atom is 0.239 e. The Morgan fingerprint density at radius 3 is 2.96 bits per heavy atom. The smallest absolute Gasteiger partial charge is 0.239 e. The number of carbonyl (C=O) groups is 2. The molecule has 0 radical (unpaired) electrons. The molecule has 1 aliphatic rings. The Kier molecular flexibility index (Phi) is 4.74. The lowest BCUT2D eigenvalue weighted by Gasteiger charge is -2.24. The van der Waals surface area contributed by atoms with Crippen LogP contribution in [0.1, 0.15) is 12.5 Å². The van der Waals surface area contributed by atoms with E-state index in [0.717, 1.165) is 16.9 Å². The van der Waals surface area contributed by atoms with E-state index in [1.807, 2.05) is 48.2 Å². The van der Waals surface area contributed by atoms with Crippen molar-refractivity contribution >= 4 is 23.2 Å². The molecule has 2 heterocycles. The molecule has 3 rings (SSSR count). The highest BCUT2D eigenvalue weighted by molar-refractivity contribution is 5.98. The van der Waals surface area contributed by atoms with E-state index in [1.165, 1.54) is 0 Å². The van der Waals surface area contributed by atoms with Crippen LogP contribution in [0.4, 0.5) is 11.4 Å². The number of anilines is 2. The Morgan fingerprint density at radius 1 is 1.33 bits per heavy atom. The van der Waals surface area contributed by atoms with Crippen molar-refractivity contribution in [1.29, 1.82) is 0 Å². The van der Waals surface area contributed by atoms with E-state index in [2.05, 4.69) is 15.6 Å². The highest BCUT2D eigenvalue weighted by atomic mass is 16.2. The Bertz CT molecular complexity index is 733. The van der Waals surface area contributed by atoms with E-state index >= 15 is 0 Å². The van der Waals surface area contributed by atoms with E-state index in [9.17, 15) is 9.59 Å². The van der Waals surface area contributed by atoms with Crippen molar-refractivity contribution in [3.05, 3.63) is 54.4 Å². The van der Waals surface area contributed by atoms with Crippen molar-refractivity contribution in [2.45, 2.75) is 13.5 Å². The molecule has 0 unspecified atom stereocenters. The molecule has 0 saturated heterocycles. The molecule has 6 nitrogen and oxygen atoms in total. The lowest BCUT2D eigenvalue weighted by atomic mass is 10.1. The summed E-state index contributed by atoms with van der Waals surface area (Å²) in [5.41, 5.74) is 2.56. The molecule has 1 aromatic heterocycles. The second-order valence-electron chi connectivity index (χ2n) is 5.93. The number of aromatic nitrogens is 1. The summed E-state index contributed by atoms with van der Waals surface area (Å²) in [4.78, 5) is 30.4. The van der Waals surface area contributed by atoms with Crippen molar-refractivity contribution in [1.82, 2.24) is 10.3 Å². The molecule has 2 aromatic rings. The van der Waals surface area contributed by atoms with Gasteiger partial charge in [0.2, 0.25) is 11.8 Å². The van der Waals surface area contributed by atoms with Crippen molar-refractivity contribution in [2.75, 3.05) is 23.3 Å². The van der Waals surface area contributed by atoms with Gasteiger partial charge in [-0.25, -0.2) is 0 Å². The predicted molar refractivity (Wildman–Crippen MR) is 92.5 cm³/mol. The van der Waals surface area contributed by atoms with Crippen LogP contribution in [0.15, 0.2) is 48.8 Å². The normalized spacial score (nSPS) is 16.8. The Morgan fingerprint density at radius 2 is 2.17 bits per heavy atom. The molecule has 0 fully saturated rings. The minimum Gasteiger partial charge on any atom is -0.360 e. The number of hydrogen-bond acceptors (Lipinski definition) is 4. The van der Waals surface area contributed by atoms with Crippen LogP contribution in [0.2, 0.25) is 0 Å². The van der Waals surface area contributed by atoms with Crippen LogP contribution in [-0.4, -0.2) is 29.9 Å². The summed E-state index contributed by atoms with van der Waals surface area (Å²) >= 11 is 0. The Labute approximate surface area is 140 Å². The summed E-state index contributed by atoms with van der Waals surface area (Å²) in [6.45, 7) is 3.01. The second kappa shape index (κ2) is 7.12. The maximum absolute atomic E-state index is 12.3. The number of carbonyl (C=O) groups excluding carboxylic acids is 2. The van der Waals surface area contributed by atoms with Crippen LogP contribution in [0.5, 0.6) is 0 Å². The molecular weight excluding hydrogens is 304 g/mol. The third-order valence-corrected chi connectivity index (χ3v) is 3.99. The minimum atomic E-state index is -0.191. The van der Waals surface area contributed by atoms with Crippen LogP contribution in [0.3, 0.4) is 0 Å². The van der Waals surface area contributed by atoms with Gasteiger partial charge in [-0.2, -0.15) is 0 Å². The second-order valence-corrected chi connectivity index (χ2v) is 5.93. The average Bonchev–Trinajstić information content (AvgIpc) is 2.71. The van der Waals surface area contributed by atoms with E-state index < -0.39 is 0 Å². The lowest BCUT2D eigenvalue weighted by molar-refractivity contribution is -0.121. The van der Waals surface area contributed by atoms with Gasteiger partial charge in [0.25, 0.3) is 0 Å². The molecule has 0 aliphatic carbocycles. The number of benzene rings is 1. The van der Waals surface area contributed by atoms with Crippen molar-refractivity contribution in [3.63, 3.8) is 0 Å². The molecule has 1 atom stereocenters. The molecule has 0 bridgehead atoms. The quantitative estimate of drug-likeness (QED) is 0.899. The largest absolute Gasteiger partial charge is 0.360 e. The van der Waals surface area contributed by atoms with Gasteiger partial charge in [0.05, 0.1) is 23.8 Å². The predicted octanol–water partition coefficient (Wildman–Crippen LogP) is 1.79. The molecule has 0 saturated carbocycles. The number of pyridine rings is 1. The van der Waals surface area contributed by atoms with Gasteiger partial charge in [-0.1, -0.05) is 25.1 Å². The topological polar surface area (TPSA) is 74.3 Å². The zero-order valence-electron chi connectivity index (χ0n) is 13.5. The van der Waals surface area contributed by atoms with Gasteiger partial charge in [-0.3, -0.25) is 14.6 Å². The highest BCUT2D eigenvalue weighted by Gasteiger charge is 2.25. The van der Waals surface area contributed by atoms with Gasteiger partial charge in [0, 0.05) is 25.5 Å². The average molecular weight is 324 g/mol. The first kappa shape index (κ1) is 16.0. The van der Waals surface area contributed by atoms with Gasteiger partial charge in [0.15, 0.2) is 0 Å². The number of hydrogen-bond donors (Lipinski definition) is 2. The Hall–Kier alpha value is -2.89. The monoisotopic (exact) mass is 324 g/mol. The summed E-state index contributed by atoms with van der Waals surface area (Å²) in [5.74, 6) is -0.306. The number of nitrogens with zero attached hydrogens (tertiary/aromatic N) is 2. The summed E-state index contributed by atoms with van der Waals surface area (Å²) in [6, 6.07) is 11.3. The zero-order valence-corrected chi connectivity index (χ0v) is 13.5. The first-order valence-electron chi connectivity index (χ1n) is 7.94. The van der Waals surface area contributed by atoms with Crippen molar-refractivity contribution in [2.24, 2.45) is 5.92 Å². The first-order chi connectivity index (χ1) is 11.6. The summed E-state index contributed by atoms with van der Waals surface area (Å²) in [7, 11) is 0. The van der Waals surface area contributed by atoms with Gasteiger partial charge in [0.1, 0.15) is 0 Å². The van der Waals surface area contributed by atoms with Gasteiger partial charge in [-0.15, -0.1) is 0 Å². The van der Waals surface area contributed by atoms with Gasteiger partial charge in [-0.05, 0) is 23.8 Å². The van der Waals surface area contributed by atoms with E-state index in [0.29, 0.717) is 13.1 Å². The van der Waals surface area contributed by atoms with Crippen molar-refractivity contribution < 1.29 is 9.59 Å². The van der Waals surface area contributed by atoms with Crippen LogP contribution in [0.25, 0.3) is 0 Å². The van der Waals surface area contributed by atoms with Crippen LogP contribution >= 0.6 is 0 Å². The van der Waals surface area contributed by atoms with Gasteiger partial charge < -0.3 is 15.5 Å². The molecule has 1 aliphatic heterocycles. The maximum atomic E-state index is 12.3. The fourth-order valence-corrected chi connectivity index (χ4v) is 2.71. The van der Waals surface area contributed by atoms with E-state index in [4.69, 9.17) is 0 Å². The summed E-state index contributed by atoms with van der Waals surface area (Å²) in [5, 5.41) is 5.81. The molecule has 124 valence electrons. The van der Waals surface area contributed by atoms with Crippen LogP contribution < -0.4 is 15.5 Å². The minimum absolute atomic E-state index is 0.0271. The van der Waals surface area contributed by atoms with Crippen molar-refractivity contribution in [3.8, 4) is 0 Å². The molecule has 24 heavy (non-hydrogen) atoms. The molecule has 6 heteroatoms. The third kappa shape index (κ3) is 3.71. The highest BCUT2D eigenvalue weighted by Crippen LogP contribution is 2.29. The zero-order chi connectivity index (χ0) is 16.9. The molecule has 2 amide bonds. The first-order valence-corrected chi connectivity index (χ1v) is 7.94. The molecular formula is C18H20N4O2. The lowest BCUT2D eigenvalue weighted by Crippen LogP contribution is -2.39. The fourth-order valence-electron chi connectivity index (χ4n) is 2.71. The SMILES string of the molecule is C[C@@H]1CN(CC(=O)NCc2cccnc2)c2ccccc2NC1=O. The number of fused-ring (bicyclic) bond motifs is 1. The number of amides is 2. The summed E-state index contributed by atoms with van der Waals surface area (Å²) < 4.78 is 0. The number of para-hydroxylation sites is 2. The molecule has 1 aromatic carbocycles. The standard InChI is InChI=1S/C18H20N4O2/c1-13-11-22(16-7-3-2-6-15(16)21-18(13)24)12-17(23)20-10-14-5-4-8-19-9-14/h2-9,13H,10-12H2,1H3,(H,20,23)(H,21,24)/t13-/m1/s1. The third-order valence-electron chi connectivity index (χ3n) is 3.99. The van der Waals surface area contributed by atoms with Gasteiger partial charge >= 0.3 is 0 Å². The number of rotatable bonds is 4.